The Morgan fingerprint density at radius 1 is 1.07 bits per heavy atom. The second-order valence-electron chi connectivity index (χ2n) is 10.5. The van der Waals surface area contributed by atoms with Crippen LogP contribution < -0.4 is 11.1 Å². The van der Waals surface area contributed by atoms with Gasteiger partial charge in [-0.2, -0.15) is 0 Å². The summed E-state index contributed by atoms with van der Waals surface area (Å²) >= 11 is 6.20. The van der Waals surface area contributed by atoms with Gasteiger partial charge in [-0.25, -0.2) is 0 Å². The molecule has 2 atom stereocenters. The van der Waals surface area contributed by atoms with Gasteiger partial charge in [0.1, 0.15) is 0 Å². The molecule has 0 amide bonds. The number of nitrogens with one attached hydrogen (secondary N) is 1. The van der Waals surface area contributed by atoms with Crippen LogP contribution >= 0.6 is 12.2 Å². The van der Waals surface area contributed by atoms with Crippen molar-refractivity contribution in [1.82, 2.24) is 5.32 Å². The highest BCUT2D eigenvalue weighted by molar-refractivity contribution is 7.80. The van der Waals surface area contributed by atoms with Crippen molar-refractivity contribution in [3.05, 3.63) is 47.5 Å². The van der Waals surface area contributed by atoms with Gasteiger partial charge in [0.15, 0.2) is 0 Å². The molecule has 4 bridgehead atoms. The highest BCUT2D eigenvalue weighted by Crippen LogP contribution is 2.67. The number of thiocarbonyl (C=S) groups is 1. The Morgan fingerprint density at radius 3 is 2.31 bits per heavy atom. The molecular weight excluding hydrogens is 372 g/mol. The van der Waals surface area contributed by atoms with Gasteiger partial charge in [0.05, 0.1) is 4.99 Å². The van der Waals surface area contributed by atoms with Gasteiger partial charge in [0.25, 0.3) is 0 Å². The van der Waals surface area contributed by atoms with Crippen LogP contribution in [0, 0.1) is 23.2 Å². The van der Waals surface area contributed by atoms with Crippen molar-refractivity contribution >= 4 is 17.2 Å². The Kier molecular flexibility index (Phi) is 5.11. The van der Waals surface area contributed by atoms with Crippen LogP contribution in [0.1, 0.15) is 70.3 Å². The highest BCUT2D eigenvalue weighted by atomic mass is 32.1. The van der Waals surface area contributed by atoms with Gasteiger partial charge >= 0.3 is 0 Å². The summed E-state index contributed by atoms with van der Waals surface area (Å²) in [6.07, 6.45) is 13.8. The normalized spacial score (nSPS) is 40.7. The molecule has 5 fully saturated rings. The Hall–Kier alpha value is -1.19. The molecule has 156 valence electrons. The van der Waals surface area contributed by atoms with Crippen LogP contribution in [0.3, 0.4) is 0 Å². The third-order valence-electron chi connectivity index (χ3n) is 8.88. The Balaban J connectivity index is 1.40. The summed E-state index contributed by atoms with van der Waals surface area (Å²) in [5.41, 5.74) is 9.71. The molecule has 5 saturated carbocycles. The zero-order valence-corrected chi connectivity index (χ0v) is 18.6. The van der Waals surface area contributed by atoms with Crippen LogP contribution in [0.4, 0.5) is 0 Å². The molecule has 0 aliphatic heterocycles. The largest absolute Gasteiger partial charge is 0.376 e. The van der Waals surface area contributed by atoms with E-state index in [-0.39, 0.29) is 5.41 Å². The van der Waals surface area contributed by atoms with Gasteiger partial charge in [-0.05, 0) is 100.0 Å². The number of nitrogens with two attached hydrogens (primary N) is 1. The standard InChI is InChI=1S/C26H36N2S/c1-2-23-19-12-25(21-6-4-3-5-7-21)13-20(23)15-26(14-19,17-25)24(29)28-22-10-8-18(16-27)9-11-22/h2-7,18-20,22H,8-17,27H2,1H3,(H,28,29). The molecule has 1 aromatic rings. The lowest BCUT2D eigenvalue weighted by Gasteiger charge is -2.63. The van der Waals surface area contributed by atoms with E-state index >= 15 is 0 Å². The van der Waals surface area contributed by atoms with Crippen molar-refractivity contribution in [2.75, 3.05) is 6.54 Å². The van der Waals surface area contributed by atoms with Crippen molar-refractivity contribution in [3.63, 3.8) is 0 Å². The van der Waals surface area contributed by atoms with Gasteiger partial charge in [0, 0.05) is 11.5 Å². The monoisotopic (exact) mass is 408 g/mol. The maximum Gasteiger partial charge on any atom is 0.0818 e. The Labute approximate surface area is 181 Å². The fourth-order valence-electron chi connectivity index (χ4n) is 7.69. The van der Waals surface area contributed by atoms with Crippen molar-refractivity contribution in [3.8, 4) is 0 Å². The van der Waals surface area contributed by atoms with Crippen molar-refractivity contribution in [2.24, 2.45) is 28.9 Å². The summed E-state index contributed by atoms with van der Waals surface area (Å²) in [6, 6.07) is 11.9. The molecule has 6 rings (SSSR count). The molecule has 0 aromatic heterocycles. The lowest BCUT2D eigenvalue weighted by Crippen LogP contribution is -2.60. The zero-order valence-electron chi connectivity index (χ0n) is 17.8. The van der Waals surface area contributed by atoms with E-state index in [1.165, 1.54) is 62.8 Å². The molecule has 5 aliphatic carbocycles. The maximum absolute atomic E-state index is 6.20. The van der Waals surface area contributed by atoms with E-state index < -0.39 is 0 Å². The molecular formula is C26H36N2S. The second-order valence-corrected chi connectivity index (χ2v) is 10.9. The predicted molar refractivity (Wildman–Crippen MR) is 125 cm³/mol. The number of rotatable bonds is 4. The highest BCUT2D eigenvalue weighted by Gasteiger charge is 2.61. The maximum atomic E-state index is 6.20. The lowest BCUT2D eigenvalue weighted by atomic mass is 9.41. The molecule has 0 heterocycles. The lowest BCUT2D eigenvalue weighted by molar-refractivity contribution is 0.00550. The van der Waals surface area contributed by atoms with Crippen LogP contribution in [-0.4, -0.2) is 17.6 Å². The summed E-state index contributed by atoms with van der Waals surface area (Å²) in [6.45, 7) is 3.10. The first kappa shape index (κ1) is 19.8. The van der Waals surface area contributed by atoms with Crippen LogP contribution in [0.2, 0.25) is 0 Å². The van der Waals surface area contributed by atoms with Crippen molar-refractivity contribution in [2.45, 2.75) is 76.2 Å². The molecule has 1 aromatic carbocycles. The summed E-state index contributed by atoms with van der Waals surface area (Å²) in [5, 5.41) is 3.89. The smallest absolute Gasteiger partial charge is 0.0818 e. The van der Waals surface area contributed by atoms with Gasteiger partial charge in [-0.15, -0.1) is 0 Å². The molecule has 2 unspecified atom stereocenters. The number of allylic oxidation sites excluding steroid dienone is 2. The minimum atomic E-state index is 0.203. The topological polar surface area (TPSA) is 38.0 Å². The predicted octanol–water partition coefficient (Wildman–Crippen LogP) is 5.52. The van der Waals surface area contributed by atoms with E-state index in [1.54, 1.807) is 11.1 Å². The summed E-state index contributed by atoms with van der Waals surface area (Å²) < 4.78 is 0. The first-order valence-electron chi connectivity index (χ1n) is 11.8. The van der Waals surface area contributed by atoms with Gasteiger partial charge in [-0.3, -0.25) is 0 Å². The van der Waals surface area contributed by atoms with E-state index in [0.29, 0.717) is 23.3 Å². The summed E-state index contributed by atoms with van der Waals surface area (Å²) in [7, 11) is 0. The molecule has 0 saturated heterocycles. The molecule has 3 N–H and O–H groups in total. The minimum absolute atomic E-state index is 0.203. The summed E-state index contributed by atoms with van der Waals surface area (Å²) in [5.74, 6) is 2.16. The number of hydrogen-bond acceptors (Lipinski definition) is 2. The third kappa shape index (κ3) is 3.29. The SMILES string of the molecule is CC=C1C2CC3(C(=S)NC4CCC(CN)CC4)CC1CC(c1ccccc1)(C2)C3. The average Bonchev–Trinajstić information content (AvgIpc) is 2.74. The molecule has 5 aliphatic rings. The van der Waals surface area contributed by atoms with E-state index in [1.807, 2.05) is 0 Å². The fraction of sp³-hybridized carbons (Fsp3) is 0.654. The quantitative estimate of drug-likeness (QED) is 0.509. The second kappa shape index (κ2) is 7.50. The Bertz CT molecular complexity index is 772. The molecule has 2 nitrogen and oxygen atoms in total. The first-order valence-corrected chi connectivity index (χ1v) is 12.2. The van der Waals surface area contributed by atoms with Crippen LogP contribution in [0.5, 0.6) is 0 Å². The van der Waals surface area contributed by atoms with Crippen molar-refractivity contribution in [1.29, 1.82) is 0 Å². The van der Waals surface area contributed by atoms with Crippen LogP contribution in [-0.2, 0) is 5.41 Å². The zero-order chi connectivity index (χ0) is 20.1. The molecule has 29 heavy (non-hydrogen) atoms. The fourth-order valence-corrected chi connectivity index (χ4v) is 8.09. The Morgan fingerprint density at radius 2 is 1.72 bits per heavy atom. The summed E-state index contributed by atoms with van der Waals surface area (Å²) in [4.78, 5) is 1.19. The molecule has 0 radical (unpaired) electrons. The van der Waals surface area contributed by atoms with Crippen molar-refractivity contribution < 1.29 is 0 Å². The molecule has 3 heteroatoms. The van der Waals surface area contributed by atoms with Crippen LogP contribution in [0.15, 0.2) is 42.0 Å². The number of hydrogen-bond donors (Lipinski definition) is 2. The average molecular weight is 409 g/mol. The van der Waals surface area contributed by atoms with Gasteiger partial charge in [-0.1, -0.05) is 54.2 Å². The van der Waals surface area contributed by atoms with E-state index in [0.717, 1.165) is 12.5 Å². The third-order valence-corrected chi connectivity index (χ3v) is 9.44. The van der Waals surface area contributed by atoms with Gasteiger partial charge in [0.2, 0.25) is 0 Å². The van der Waals surface area contributed by atoms with E-state index in [2.05, 4.69) is 48.6 Å². The number of benzene rings is 1. The molecule has 0 spiro atoms. The minimum Gasteiger partial charge on any atom is -0.376 e. The van der Waals surface area contributed by atoms with Crippen LogP contribution in [0.25, 0.3) is 0 Å². The van der Waals surface area contributed by atoms with E-state index in [9.17, 15) is 0 Å². The van der Waals surface area contributed by atoms with Gasteiger partial charge < -0.3 is 11.1 Å². The first-order chi connectivity index (χ1) is 14.1. The van der Waals surface area contributed by atoms with E-state index in [4.69, 9.17) is 18.0 Å².